The largest absolute Gasteiger partial charge is 0.482 e. The molecular formula is C19H21ClN4O5. The highest BCUT2D eigenvalue weighted by atomic mass is 35.5. The summed E-state index contributed by atoms with van der Waals surface area (Å²) in [5, 5.41) is 12.0. The van der Waals surface area contributed by atoms with Crippen LogP contribution in [0, 0.1) is 5.41 Å². The van der Waals surface area contributed by atoms with Crippen LogP contribution < -0.4 is 21.1 Å². The second kappa shape index (κ2) is 11.3. The Labute approximate surface area is 173 Å². The third-order valence-electron chi connectivity index (χ3n) is 3.46. The van der Waals surface area contributed by atoms with E-state index in [1.807, 2.05) is 0 Å². The van der Waals surface area contributed by atoms with Crippen LogP contribution in [-0.2, 0) is 9.53 Å². The lowest BCUT2D eigenvalue weighted by atomic mass is 10.1. The minimum Gasteiger partial charge on any atom is -0.482 e. The molecule has 9 nitrogen and oxygen atoms in total. The number of carbonyl (C=O) groups is 3. The van der Waals surface area contributed by atoms with Gasteiger partial charge in [0.05, 0.1) is 6.61 Å². The van der Waals surface area contributed by atoms with E-state index in [-0.39, 0.29) is 37.0 Å². The topological polar surface area (TPSA) is 144 Å². The van der Waals surface area contributed by atoms with Gasteiger partial charge in [-0.05, 0) is 43.3 Å². The van der Waals surface area contributed by atoms with Gasteiger partial charge in [0.15, 0.2) is 6.61 Å². The van der Waals surface area contributed by atoms with Gasteiger partial charge in [-0.15, -0.1) is 12.4 Å². The third-order valence-corrected chi connectivity index (χ3v) is 3.46. The van der Waals surface area contributed by atoms with Gasteiger partial charge in [0, 0.05) is 16.8 Å². The number of nitrogen functional groups attached to an aromatic ring is 1. The zero-order valence-corrected chi connectivity index (χ0v) is 16.4. The number of nitrogens with two attached hydrogens (primary N) is 1. The van der Waals surface area contributed by atoms with Crippen LogP contribution in [0.1, 0.15) is 22.8 Å². The van der Waals surface area contributed by atoms with E-state index in [4.69, 9.17) is 20.6 Å². The first-order valence-electron chi connectivity index (χ1n) is 8.34. The lowest BCUT2D eigenvalue weighted by Gasteiger charge is -2.09. The quantitative estimate of drug-likeness (QED) is 0.307. The molecule has 0 saturated carbocycles. The standard InChI is InChI=1S/C19H20N4O5.ClH/c1-2-27-16(24)11-28-15-9-7-14(8-10-15)22-19(26)23-18(25)13-5-3-12(4-6-13)17(20)21;/h3-10H,2,11H2,1H3,(H3,20,21)(H2,22,23,25,26);1H. The van der Waals surface area contributed by atoms with Gasteiger partial charge in [-0.2, -0.15) is 0 Å². The van der Waals surface area contributed by atoms with Crippen molar-refractivity contribution in [2.45, 2.75) is 6.92 Å². The number of carbonyl (C=O) groups excluding carboxylic acids is 3. The number of imide groups is 1. The summed E-state index contributed by atoms with van der Waals surface area (Å²) >= 11 is 0. The first-order valence-corrected chi connectivity index (χ1v) is 8.34. The highest BCUT2D eigenvalue weighted by Crippen LogP contribution is 2.15. The van der Waals surface area contributed by atoms with E-state index in [9.17, 15) is 14.4 Å². The maximum atomic E-state index is 12.1. The van der Waals surface area contributed by atoms with Gasteiger partial charge < -0.3 is 20.5 Å². The molecule has 2 aromatic carbocycles. The van der Waals surface area contributed by atoms with Crippen LogP contribution in [0.15, 0.2) is 48.5 Å². The molecule has 154 valence electrons. The molecule has 3 amide bonds. The van der Waals surface area contributed by atoms with Gasteiger partial charge in [0.2, 0.25) is 0 Å². The third kappa shape index (κ3) is 7.51. The van der Waals surface area contributed by atoms with Crippen LogP contribution in [-0.4, -0.2) is 37.0 Å². The van der Waals surface area contributed by atoms with E-state index in [1.54, 1.807) is 31.2 Å². The second-order valence-corrected chi connectivity index (χ2v) is 5.52. The average Bonchev–Trinajstić information content (AvgIpc) is 2.67. The Bertz CT molecular complexity index is 869. The lowest BCUT2D eigenvalue weighted by Crippen LogP contribution is -2.34. The van der Waals surface area contributed by atoms with Crippen molar-refractivity contribution in [1.82, 2.24) is 5.32 Å². The maximum Gasteiger partial charge on any atom is 0.344 e. The van der Waals surface area contributed by atoms with E-state index in [1.165, 1.54) is 24.3 Å². The summed E-state index contributed by atoms with van der Waals surface area (Å²) in [7, 11) is 0. The fourth-order valence-electron chi connectivity index (χ4n) is 2.12. The number of hydrogen-bond donors (Lipinski definition) is 4. The highest BCUT2D eigenvalue weighted by molar-refractivity contribution is 6.08. The lowest BCUT2D eigenvalue weighted by molar-refractivity contribution is -0.145. The fourth-order valence-corrected chi connectivity index (χ4v) is 2.12. The molecule has 0 aliphatic heterocycles. The number of nitrogens with one attached hydrogen (secondary N) is 3. The van der Waals surface area contributed by atoms with Gasteiger partial charge >= 0.3 is 12.0 Å². The number of ether oxygens (including phenoxy) is 2. The maximum absolute atomic E-state index is 12.1. The number of amidine groups is 1. The first kappa shape index (κ1) is 23.4. The summed E-state index contributed by atoms with van der Waals surface area (Å²) in [4.78, 5) is 35.3. The molecule has 2 rings (SSSR count). The van der Waals surface area contributed by atoms with Gasteiger partial charge in [-0.3, -0.25) is 15.5 Å². The Hall–Kier alpha value is -3.59. The van der Waals surface area contributed by atoms with Gasteiger partial charge in [-0.25, -0.2) is 9.59 Å². The summed E-state index contributed by atoms with van der Waals surface area (Å²) in [5.74, 6) is -0.749. The van der Waals surface area contributed by atoms with E-state index in [0.717, 1.165) is 0 Å². The highest BCUT2D eigenvalue weighted by Gasteiger charge is 2.11. The Morgan fingerprint density at radius 3 is 2.14 bits per heavy atom. The molecule has 5 N–H and O–H groups in total. The number of esters is 1. The predicted octanol–water partition coefficient (Wildman–Crippen LogP) is 2.30. The number of rotatable bonds is 7. The molecule has 0 aliphatic carbocycles. The molecule has 0 spiro atoms. The van der Waals surface area contributed by atoms with Crippen LogP contribution in [0.25, 0.3) is 0 Å². The zero-order chi connectivity index (χ0) is 20.5. The zero-order valence-electron chi connectivity index (χ0n) is 15.6. The second-order valence-electron chi connectivity index (χ2n) is 5.52. The Kier molecular flexibility index (Phi) is 9.14. The molecule has 0 unspecified atom stereocenters. The molecule has 0 atom stereocenters. The van der Waals surface area contributed by atoms with E-state index in [2.05, 4.69) is 10.6 Å². The summed E-state index contributed by atoms with van der Waals surface area (Å²) in [6.45, 7) is 1.77. The Morgan fingerprint density at radius 2 is 1.59 bits per heavy atom. The molecule has 0 aromatic heterocycles. The minimum atomic E-state index is -0.708. The molecule has 0 saturated heterocycles. The van der Waals surface area contributed by atoms with Gasteiger partial charge in [-0.1, -0.05) is 12.1 Å². The van der Waals surface area contributed by atoms with Crippen molar-refractivity contribution in [3.05, 3.63) is 59.7 Å². The summed E-state index contributed by atoms with van der Waals surface area (Å²) in [5.41, 5.74) is 6.51. The Morgan fingerprint density at radius 1 is 1.00 bits per heavy atom. The fraction of sp³-hybridized carbons (Fsp3) is 0.158. The van der Waals surface area contributed by atoms with Gasteiger partial charge in [0.25, 0.3) is 5.91 Å². The first-order chi connectivity index (χ1) is 13.4. The number of benzene rings is 2. The molecule has 0 aliphatic rings. The molecule has 2 aromatic rings. The van der Waals surface area contributed by atoms with Crippen molar-refractivity contribution in [1.29, 1.82) is 5.41 Å². The molecule has 0 fully saturated rings. The van der Waals surface area contributed by atoms with Crippen LogP contribution in [0.3, 0.4) is 0 Å². The molecule has 0 heterocycles. The average molecular weight is 421 g/mol. The SMILES string of the molecule is CCOC(=O)COc1ccc(NC(=O)NC(=O)c2ccc(C(=N)N)cc2)cc1.Cl. The number of hydrogen-bond acceptors (Lipinski definition) is 6. The van der Waals surface area contributed by atoms with Crippen molar-refractivity contribution in [2.75, 3.05) is 18.5 Å². The summed E-state index contributed by atoms with van der Waals surface area (Å²) in [6.07, 6.45) is 0. The molecule has 0 radical (unpaired) electrons. The van der Waals surface area contributed by atoms with Crippen molar-refractivity contribution in [3.8, 4) is 5.75 Å². The molecule has 29 heavy (non-hydrogen) atoms. The van der Waals surface area contributed by atoms with E-state index in [0.29, 0.717) is 17.0 Å². The van der Waals surface area contributed by atoms with E-state index >= 15 is 0 Å². The van der Waals surface area contributed by atoms with Crippen molar-refractivity contribution in [3.63, 3.8) is 0 Å². The van der Waals surface area contributed by atoms with Crippen molar-refractivity contribution < 1.29 is 23.9 Å². The minimum absolute atomic E-state index is 0. The van der Waals surface area contributed by atoms with Crippen LogP contribution in [0.2, 0.25) is 0 Å². The Balaban J connectivity index is 0.00000420. The summed E-state index contributed by atoms with van der Waals surface area (Å²) < 4.78 is 10.0. The van der Waals surface area contributed by atoms with Crippen LogP contribution in [0.4, 0.5) is 10.5 Å². The number of urea groups is 1. The molecule has 0 bridgehead atoms. The smallest absolute Gasteiger partial charge is 0.344 e. The number of halogens is 1. The van der Waals surface area contributed by atoms with Gasteiger partial charge in [0.1, 0.15) is 11.6 Å². The van der Waals surface area contributed by atoms with Crippen LogP contribution >= 0.6 is 12.4 Å². The van der Waals surface area contributed by atoms with Crippen molar-refractivity contribution in [2.24, 2.45) is 5.73 Å². The molecular weight excluding hydrogens is 400 g/mol. The van der Waals surface area contributed by atoms with E-state index < -0.39 is 17.9 Å². The molecule has 10 heteroatoms. The number of amides is 3. The predicted molar refractivity (Wildman–Crippen MR) is 110 cm³/mol. The summed E-state index contributed by atoms with van der Waals surface area (Å²) in [6, 6.07) is 11.5. The van der Waals surface area contributed by atoms with Crippen molar-refractivity contribution >= 4 is 41.8 Å². The van der Waals surface area contributed by atoms with Crippen LogP contribution in [0.5, 0.6) is 5.75 Å². The monoisotopic (exact) mass is 420 g/mol. The normalized spacial score (nSPS) is 9.55. The number of anilines is 1.